The van der Waals surface area contributed by atoms with Gasteiger partial charge in [-0.15, -0.1) is 0 Å². The van der Waals surface area contributed by atoms with Crippen molar-refractivity contribution in [2.75, 3.05) is 0 Å². The number of pyridine rings is 2. The molecule has 0 amide bonds. The molecular formula is C16H11N3O2. The molecule has 0 bridgehead atoms. The van der Waals surface area contributed by atoms with Gasteiger partial charge in [-0.2, -0.15) is 0 Å². The number of nitrogens with zero attached hydrogens (tertiary/aromatic N) is 3. The average molecular weight is 277 g/mol. The van der Waals surface area contributed by atoms with E-state index in [1.165, 1.54) is 0 Å². The number of rotatable bonds is 3. The highest BCUT2D eigenvalue weighted by Crippen LogP contribution is 2.33. The summed E-state index contributed by atoms with van der Waals surface area (Å²) in [6.45, 7) is 0. The molecule has 0 fully saturated rings. The van der Waals surface area contributed by atoms with Crippen LogP contribution in [-0.4, -0.2) is 14.9 Å². The van der Waals surface area contributed by atoms with Crippen LogP contribution in [0.2, 0.25) is 0 Å². The summed E-state index contributed by atoms with van der Waals surface area (Å²) in [5, 5.41) is 11.3. The quantitative estimate of drug-likeness (QED) is 0.540. The lowest BCUT2D eigenvalue weighted by molar-refractivity contribution is -0.384. The molecule has 0 N–H and O–H groups in total. The van der Waals surface area contributed by atoms with Crippen molar-refractivity contribution in [1.29, 1.82) is 0 Å². The summed E-state index contributed by atoms with van der Waals surface area (Å²) in [7, 11) is 0. The van der Waals surface area contributed by atoms with Crippen LogP contribution in [0, 0.1) is 10.1 Å². The molecule has 0 aliphatic heterocycles. The van der Waals surface area contributed by atoms with Gasteiger partial charge in [-0.1, -0.05) is 18.2 Å². The Morgan fingerprint density at radius 1 is 0.857 bits per heavy atom. The van der Waals surface area contributed by atoms with Gasteiger partial charge in [-0.3, -0.25) is 20.1 Å². The number of nitro benzene ring substituents is 1. The second-order valence-corrected chi connectivity index (χ2v) is 4.47. The van der Waals surface area contributed by atoms with Crippen LogP contribution in [0.1, 0.15) is 0 Å². The summed E-state index contributed by atoms with van der Waals surface area (Å²) >= 11 is 0. The molecule has 5 heteroatoms. The topological polar surface area (TPSA) is 68.9 Å². The first-order chi connectivity index (χ1) is 10.3. The van der Waals surface area contributed by atoms with Gasteiger partial charge in [-0.05, 0) is 23.8 Å². The fourth-order valence-electron chi connectivity index (χ4n) is 2.16. The van der Waals surface area contributed by atoms with Gasteiger partial charge in [0.2, 0.25) is 0 Å². The van der Waals surface area contributed by atoms with Crippen molar-refractivity contribution < 1.29 is 4.92 Å². The molecule has 0 saturated heterocycles. The van der Waals surface area contributed by atoms with Crippen LogP contribution < -0.4 is 0 Å². The summed E-state index contributed by atoms with van der Waals surface area (Å²) in [4.78, 5) is 19.0. The van der Waals surface area contributed by atoms with Crippen LogP contribution in [0.25, 0.3) is 22.3 Å². The Morgan fingerprint density at radius 2 is 1.52 bits per heavy atom. The van der Waals surface area contributed by atoms with E-state index in [2.05, 4.69) is 9.97 Å². The van der Waals surface area contributed by atoms with E-state index in [4.69, 9.17) is 0 Å². The Bertz CT molecular complexity index is 774. The lowest BCUT2D eigenvalue weighted by atomic mass is 10.0. The van der Waals surface area contributed by atoms with E-state index in [0.717, 1.165) is 16.7 Å². The Morgan fingerprint density at radius 3 is 2.10 bits per heavy atom. The number of nitro groups is 1. The second kappa shape index (κ2) is 5.50. The molecule has 0 atom stereocenters. The Labute approximate surface area is 121 Å². The summed E-state index contributed by atoms with van der Waals surface area (Å²) < 4.78 is 0. The van der Waals surface area contributed by atoms with Crippen molar-refractivity contribution in [3.05, 3.63) is 77.4 Å². The first-order valence-corrected chi connectivity index (χ1v) is 6.35. The van der Waals surface area contributed by atoms with Crippen LogP contribution >= 0.6 is 0 Å². The third kappa shape index (κ3) is 2.62. The fraction of sp³-hybridized carbons (Fsp3) is 0. The van der Waals surface area contributed by atoms with E-state index in [1.807, 2.05) is 12.1 Å². The molecule has 2 heterocycles. The number of hydrogen-bond donors (Lipinski definition) is 0. The Hall–Kier alpha value is -3.08. The van der Waals surface area contributed by atoms with E-state index in [0.29, 0.717) is 5.56 Å². The Balaban J connectivity index is 2.14. The van der Waals surface area contributed by atoms with Gasteiger partial charge in [0.15, 0.2) is 0 Å². The monoisotopic (exact) mass is 277 g/mol. The summed E-state index contributed by atoms with van der Waals surface area (Å²) in [5.74, 6) is 0. The van der Waals surface area contributed by atoms with Crippen molar-refractivity contribution in [2.24, 2.45) is 0 Å². The van der Waals surface area contributed by atoms with Gasteiger partial charge in [-0.25, -0.2) is 0 Å². The lowest BCUT2D eigenvalue weighted by Crippen LogP contribution is -1.93. The maximum Gasteiger partial charge on any atom is 0.277 e. The van der Waals surface area contributed by atoms with E-state index in [1.54, 1.807) is 55.1 Å². The molecule has 21 heavy (non-hydrogen) atoms. The zero-order valence-electron chi connectivity index (χ0n) is 11.0. The molecule has 0 unspecified atom stereocenters. The van der Waals surface area contributed by atoms with Crippen LogP contribution in [0.5, 0.6) is 0 Å². The third-order valence-electron chi connectivity index (χ3n) is 3.16. The average Bonchev–Trinajstić information content (AvgIpc) is 2.56. The molecular weight excluding hydrogens is 266 g/mol. The highest BCUT2D eigenvalue weighted by atomic mass is 16.6. The maximum atomic E-state index is 11.3. The van der Waals surface area contributed by atoms with E-state index in [-0.39, 0.29) is 10.6 Å². The first-order valence-electron chi connectivity index (χ1n) is 6.35. The van der Waals surface area contributed by atoms with E-state index < -0.39 is 0 Å². The lowest BCUT2D eigenvalue weighted by Gasteiger charge is -2.06. The predicted molar refractivity (Wildman–Crippen MR) is 79.6 cm³/mol. The van der Waals surface area contributed by atoms with Gasteiger partial charge in [0, 0.05) is 42.0 Å². The van der Waals surface area contributed by atoms with Crippen LogP contribution in [0.3, 0.4) is 0 Å². The van der Waals surface area contributed by atoms with Gasteiger partial charge >= 0.3 is 0 Å². The Kier molecular flexibility index (Phi) is 3.39. The van der Waals surface area contributed by atoms with Crippen LogP contribution in [-0.2, 0) is 0 Å². The molecule has 0 aliphatic rings. The van der Waals surface area contributed by atoms with Crippen molar-refractivity contribution in [1.82, 2.24) is 9.97 Å². The minimum atomic E-state index is -0.373. The van der Waals surface area contributed by atoms with E-state index >= 15 is 0 Å². The summed E-state index contributed by atoms with van der Waals surface area (Å²) in [6.07, 6.45) is 6.61. The predicted octanol–water partition coefficient (Wildman–Crippen LogP) is 3.72. The fourth-order valence-corrected chi connectivity index (χ4v) is 2.16. The van der Waals surface area contributed by atoms with Crippen molar-refractivity contribution in [3.63, 3.8) is 0 Å². The molecule has 3 rings (SSSR count). The number of hydrogen-bond acceptors (Lipinski definition) is 4. The molecule has 2 aromatic heterocycles. The van der Waals surface area contributed by atoms with Gasteiger partial charge < -0.3 is 0 Å². The molecule has 0 aliphatic carbocycles. The van der Waals surface area contributed by atoms with E-state index in [9.17, 15) is 10.1 Å². The van der Waals surface area contributed by atoms with Gasteiger partial charge in [0.05, 0.1) is 10.5 Å². The van der Waals surface area contributed by atoms with Gasteiger partial charge in [0.1, 0.15) is 0 Å². The number of benzene rings is 1. The molecule has 5 nitrogen and oxygen atoms in total. The standard InChI is InChI=1S/C16H11N3O2/c20-19(21)16-9-12(13-3-1-7-17-10-13)5-6-15(16)14-4-2-8-18-11-14/h1-11H. The molecule has 102 valence electrons. The minimum Gasteiger partial charge on any atom is -0.264 e. The number of aromatic nitrogens is 2. The van der Waals surface area contributed by atoms with Crippen molar-refractivity contribution in [3.8, 4) is 22.3 Å². The highest BCUT2D eigenvalue weighted by molar-refractivity contribution is 5.78. The third-order valence-corrected chi connectivity index (χ3v) is 3.16. The molecule has 0 saturated carbocycles. The maximum absolute atomic E-state index is 11.3. The molecule has 0 radical (unpaired) electrons. The molecule has 0 spiro atoms. The normalized spacial score (nSPS) is 10.3. The smallest absolute Gasteiger partial charge is 0.264 e. The van der Waals surface area contributed by atoms with Gasteiger partial charge in [0.25, 0.3) is 5.69 Å². The summed E-state index contributed by atoms with van der Waals surface area (Å²) in [6, 6.07) is 12.4. The molecule has 3 aromatic rings. The zero-order chi connectivity index (χ0) is 14.7. The largest absolute Gasteiger partial charge is 0.277 e. The SMILES string of the molecule is O=[N+]([O-])c1cc(-c2cccnc2)ccc1-c1cccnc1. The highest BCUT2D eigenvalue weighted by Gasteiger charge is 2.16. The van der Waals surface area contributed by atoms with Crippen LogP contribution in [0.15, 0.2) is 67.3 Å². The first kappa shape index (κ1) is 12.9. The van der Waals surface area contributed by atoms with Crippen LogP contribution in [0.4, 0.5) is 5.69 Å². The van der Waals surface area contributed by atoms with Crippen molar-refractivity contribution in [2.45, 2.75) is 0 Å². The second-order valence-electron chi connectivity index (χ2n) is 4.47. The minimum absolute atomic E-state index is 0.0596. The summed E-state index contributed by atoms with van der Waals surface area (Å²) in [5.41, 5.74) is 2.95. The zero-order valence-corrected chi connectivity index (χ0v) is 11.0. The molecule has 1 aromatic carbocycles. The van der Waals surface area contributed by atoms with Crippen molar-refractivity contribution >= 4 is 5.69 Å².